The van der Waals surface area contributed by atoms with E-state index < -0.39 is 20.6 Å². The standard InChI is InChI=1S/C13H21NO4S/c1-13(2,19(5,15)16)12(14)10-7-6-9(17-3)8-11(10)18-4/h6-8,12H,14H2,1-5H3. The van der Waals surface area contributed by atoms with E-state index in [1.165, 1.54) is 13.4 Å². The van der Waals surface area contributed by atoms with Gasteiger partial charge in [-0.3, -0.25) is 0 Å². The van der Waals surface area contributed by atoms with Gasteiger partial charge in [-0.25, -0.2) is 8.42 Å². The van der Waals surface area contributed by atoms with Gasteiger partial charge in [0.05, 0.1) is 25.0 Å². The molecule has 0 heterocycles. The van der Waals surface area contributed by atoms with Gasteiger partial charge < -0.3 is 15.2 Å². The summed E-state index contributed by atoms with van der Waals surface area (Å²) in [5, 5.41) is 0. The van der Waals surface area contributed by atoms with Crippen LogP contribution in [0.4, 0.5) is 0 Å². The van der Waals surface area contributed by atoms with Crippen molar-refractivity contribution in [3.05, 3.63) is 23.8 Å². The summed E-state index contributed by atoms with van der Waals surface area (Å²) in [6.07, 6.45) is 1.18. The Morgan fingerprint density at radius 2 is 1.79 bits per heavy atom. The molecule has 5 nitrogen and oxygen atoms in total. The summed E-state index contributed by atoms with van der Waals surface area (Å²) in [5.74, 6) is 1.15. The zero-order chi connectivity index (χ0) is 14.8. The molecular weight excluding hydrogens is 266 g/mol. The van der Waals surface area contributed by atoms with E-state index in [1.807, 2.05) is 0 Å². The van der Waals surface area contributed by atoms with Gasteiger partial charge in [-0.15, -0.1) is 0 Å². The first-order valence-electron chi connectivity index (χ1n) is 5.82. The Balaban J connectivity index is 3.31. The van der Waals surface area contributed by atoms with Crippen LogP contribution >= 0.6 is 0 Å². The second kappa shape index (κ2) is 5.38. The fraction of sp³-hybridized carbons (Fsp3) is 0.538. The van der Waals surface area contributed by atoms with Crippen LogP contribution in [-0.2, 0) is 9.84 Å². The van der Waals surface area contributed by atoms with Crippen molar-refractivity contribution < 1.29 is 17.9 Å². The van der Waals surface area contributed by atoms with E-state index in [9.17, 15) is 8.42 Å². The van der Waals surface area contributed by atoms with Crippen LogP contribution in [0.5, 0.6) is 11.5 Å². The molecular formula is C13H21NO4S. The Morgan fingerprint density at radius 1 is 1.21 bits per heavy atom. The van der Waals surface area contributed by atoms with Gasteiger partial charge in [0, 0.05) is 17.9 Å². The molecule has 0 aliphatic rings. The van der Waals surface area contributed by atoms with Gasteiger partial charge in [0.1, 0.15) is 11.5 Å². The first kappa shape index (κ1) is 15.8. The van der Waals surface area contributed by atoms with Crippen LogP contribution in [0.2, 0.25) is 0 Å². The van der Waals surface area contributed by atoms with E-state index in [4.69, 9.17) is 15.2 Å². The maximum Gasteiger partial charge on any atom is 0.154 e. The Bertz CT molecular complexity index is 552. The van der Waals surface area contributed by atoms with Gasteiger partial charge in [-0.2, -0.15) is 0 Å². The molecule has 0 bridgehead atoms. The van der Waals surface area contributed by atoms with E-state index in [0.29, 0.717) is 17.1 Å². The number of sulfone groups is 1. The van der Waals surface area contributed by atoms with E-state index in [0.717, 1.165) is 0 Å². The van der Waals surface area contributed by atoms with Crippen molar-refractivity contribution in [2.24, 2.45) is 5.73 Å². The molecule has 1 unspecified atom stereocenters. The van der Waals surface area contributed by atoms with Crippen LogP contribution in [0.15, 0.2) is 18.2 Å². The van der Waals surface area contributed by atoms with Crippen LogP contribution in [-0.4, -0.2) is 33.6 Å². The first-order valence-corrected chi connectivity index (χ1v) is 7.71. The lowest BCUT2D eigenvalue weighted by atomic mass is 9.95. The Kier molecular flexibility index (Phi) is 4.47. The van der Waals surface area contributed by atoms with Gasteiger partial charge in [-0.05, 0) is 19.9 Å². The molecule has 6 heteroatoms. The molecule has 0 radical (unpaired) electrons. The third kappa shape index (κ3) is 3.01. The Hall–Kier alpha value is -1.27. The highest BCUT2D eigenvalue weighted by Crippen LogP contribution is 2.36. The van der Waals surface area contributed by atoms with Crippen molar-refractivity contribution in [2.45, 2.75) is 24.6 Å². The molecule has 0 aliphatic heterocycles. The fourth-order valence-corrected chi connectivity index (χ4v) is 2.27. The van der Waals surface area contributed by atoms with Crippen LogP contribution in [0.3, 0.4) is 0 Å². The summed E-state index contributed by atoms with van der Waals surface area (Å²) >= 11 is 0. The van der Waals surface area contributed by atoms with E-state index >= 15 is 0 Å². The highest BCUT2D eigenvalue weighted by atomic mass is 32.2. The van der Waals surface area contributed by atoms with Crippen LogP contribution in [0, 0.1) is 0 Å². The average Bonchev–Trinajstić information content (AvgIpc) is 2.35. The second-order valence-corrected chi connectivity index (χ2v) is 7.56. The highest BCUT2D eigenvalue weighted by Gasteiger charge is 2.39. The van der Waals surface area contributed by atoms with Gasteiger partial charge in [-0.1, -0.05) is 6.07 Å². The third-order valence-corrected chi connectivity index (χ3v) is 5.65. The summed E-state index contributed by atoms with van der Waals surface area (Å²) in [7, 11) is -0.239. The summed E-state index contributed by atoms with van der Waals surface area (Å²) in [6, 6.07) is 4.46. The van der Waals surface area contributed by atoms with E-state index in [2.05, 4.69) is 0 Å². The normalized spacial score (nSPS) is 14.0. The minimum absolute atomic E-state index is 0.517. The monoisotopic (exact) mass is 287 g/mol. The molecule has 0 amide bonds. The molecule has 0 spiro atoms. The van der Waals surface area contributed by atoms with Crippen molar-refractivity contribution in [3.63, 3.8) is 0 Å². The maximum absolute atomic E-state index is 11.8. The van der Waals surface area contributed by atoms with E-state index in [-0.39, 0.29) is 0 Å². The predicted octanol–water partition coefficient (Wildman–Crippen LogP) is 1.53. The first-order chi connectivity index (χ1) is 8.65. The number of nitrogens with two attached hydrogens (primary N) is 1. The van der Waals surface area contributed by atoms with Gasteiger partial charge in [0.2, 0.25) is 0 Å². The van der Waals surface area contributed by atoms with Crippen molar-refractivity contribution in [2.75, 3.05) is 20.5 Å². The number of rotatable bonds is 5. The predicted molar refractivity (Wildman–Crippen MR) is 75.4 cm³/mol. The van der Waals surface area contributed by atoms with Crippen LogP contribution in [0.1, 0.15) is 25.5 Å². The molecule has 0 fully saturated rings. The smallest absolute Gasteiger partial charge is 0.154 e. The molecule has 1 aromatic carbocycles. The summed E-state index contributed by atoms with van der Waals surface area (Å²) in [4.78, 5) is 0. The van der Waals surface area contributed by atoms with Crippen LogP contribution < -0.4 is 15.2 Å². The number of ether oxygens (including phenoxy) is 2. The zero-order valence-corrected chi connectivity index (χ0v) is 12.7. The Labute approximate surface area is 114 Å². The molecule has 2 N–H and O–H groups in total. The lowest BCUT2D eigenvalue weighted by Crippen LogP contribution is -2.42. The molecule has 0 saturated carbocycles. The number of methoxy groups -OCH3 is 2. The second-order valence-electron chi connectivity index (χ2n) is 4.96. The summed E-state index contributed by atoms with van der Waals surface area (Å²) in [6.45, 7) is 3.22. The molecule has 108 valence electrons. The molecule has 0 aliphatic carbocycles. The van der Waals surface area contributed by atoms with Gasteiger partial charge in [0.15, 0.2) is 9.84 Å². The molecule has 1 aromatic rings. The quantitative estimate of drug-likeness (QED) is 0.888. The topological polar surface area (TPSA) is 78.6 Å². The third-order valence-electron chi connectivity index (χ3n) is 3.48. The number of hydrogen-bond donors (Lipinski definition) is 1. The van der Waals surface area contributed by atoms with Crippen molar-refractivity contribution in [1.29, 1.82) is 0 Å². The maximum atomic E-state index is 11.8. The average molecular weight is 287 g/mol. The Morgan fingerprint density at radius 3 is 2.21 bits per heavy atom. The molecule has 1 rings (SSSR count). The lowest BCUT2D eigenvalue weighted by Gasteiger charge is -2.30. The number of hydrogen-bond acceptors (Lipinski definition) is 5. The van der Waals surface area contributed by atoms with Gasteiger partial charge >= 0.3 is 0 Å². The van der Waals surface area contributed by atoms with Crippen LogP contribution in [0.25, 0.3) is 0 Å². The minimum Gasteiger partial charge on any atom is -0.497 e. The summed E-state index contributed by atoms with van der Waals surface area (Å²) < 4.78 is 33.0. The largest absolute Gasteiger partial charge is 0.497 e. The van der Waals surface area contributed by atoms with Crippen molar-refractivity contribution in [1.82, 2.24) is 0 Å². The number of benzene rings is 1. The zero-order valence-electron chi connectivity index (χ0n) is 11.9. The van der Waals surface area contributed by atoms with Crippen molar-refractivity contribution in [3.8, 4) is 11.5 Å². The molecule has 19 heavy (non-hydrogen) atoms. The fourth-order valence-electron chi connectivity index (χ4n) is 1.68. The molecule has 1 atom stereocenters. The van der Waals surface area contributed by atoms with Gasteiger partial charge in [0.25, 0.3) is 0 Å². The van der Waals surface area contributed by atoms with E-state index in [1.54, 1.807) is 39.2 Å². The SMILES string of the molecule is COc1ccc(C(N)C(C)(C)S(C)(=O)=O)c(OC)c1. The molecule has 0 saturated heterocycles. The summed E-state index contributed by atoms with van der Waals surface area (Å²) in [5.41, 5.74) is 6.76. The minimum atomic E-state index is -3.30. The van der Waals surface area contributed by atoms with Crippen molar-refractivity contribution >= 4 is 9.84 Å². The highest BCUT2D eigenvalue weighted by molar-refractivity contribution is 7.92. The molecule has 0 aromatic heterocycles. The lowest BCUT2D eigenvalue weighted by molar-refractivity contribution is 0.383.